The number of aliphatic imine (C=N–C) groups is 2. The molecule has 0 spiro atoms. The number of nitrogens with zero attached hydrogens (tertiary/aromatic N) is 4. The van der Waals surface area contributed by atoms with Crippen molar-refractivity contribution in [3.05, 3.63) is 35.6 Å². The monoisotopic (exact) mass is 296 g/mol. The summed E-state index contributed by atoms with van der Waals surface area (Å²) in [5.41, 5.74) is 0.802. The molecule has 0 aromatic heterocycles. The van der Waals surface area contributed by atoms with Gasteiger partial charge in [0.2, 0.25) is 5.90 Å². The number of hydrogen-bond donors (Lipinski definition) is 0. The molecular weight excluding hydrogens is 280 g/mol. The molecule has 0 bridgehead atoms. The van der Waals surface area contributed by atoms with E-state index in [1.54, 1.807) is 24.4 Å². The Bertz CT molecular complexity index is 671. The highest BCUT2D eigenvalue weighted by molar-refractivity contribution is 6.00. The predicted octanol–water partition coefficient (Wildman–Crippen LogP) is 2.28. The SMILES string of the molecule is CCOC1=NC2/C(C#N)=C\C=C/N=C(OCC)C2C=C1C#N. The molecule has 0 aromatic rings. The van der Waals surface area contributed by atoms with Crippen molar-refractivity contribution in [2.45, 2.75) is 19.9 Å². The number of rotatable bonds is 2. The van der Waals surface area contributed by atoms with Gasteiger partial charge < -0.3 is 9.47 Å². The van der Waals surface area contributed by atoms with Crippen molar-refractivity contribution in [2.75, 3.05) is 13.2 Å². The Hall–Kier alpha value is -2.86. The summed E-state index contributed by atoms with van der Waals surface area (Å²) < 4.78 is 11.0. The number of dihydropyridines is 1. The van der Waals surface area contributed by atoms with Crippen molar-refractivity contribution >= 4 is 11.8 Å². The molecule has 112 valence electrons. The fourth-order valence-corrected chi connectivity index (χ4v) is 2.26. The van der Waals surface area contributed by atoms with Crippen LogP contribution < -0.4 is 0 Å². The lowest BCUT2D eigenvalue weighted by atomic mass is 9.88. The Labute approximate surface area is 129 Å². The predicted molar refractivity (Wildman–Crippen MR) is 81.9 cm³/mol. The molecule has 0 fully saturated rings. The van der Waals surface area contributed by atoms with E-state index in [9.17, 15) is 10.5 Å². The number of ether oxygens (including phenoxy) is 2. The maximum absolute atomic E-state index is 9.37. The second-order valence-electron chi connectivity index (χ2n) is 4.51. The maximum Gasteiger partial charge on any atom is 0.227 e. The highest BCUT2D eigenvalue weighted by Gasteiger charge is 2.35. The van der Waals surface area contributed by atoms with E-state index < -0.39 is 12.0 Å². The summed E-state index contributed by atoms with van der Waals surface area (Å²) >= 11 is 0. The van der Waals surface area contributed by atoms with Crippen LogP contribution in [-0.2, 0) is 9.47 Å². The van der Waals surface area contributed by atoms with Crippen molar-refractivity contribution in [1.29, 1.82) is 10.5 Å². The lowest BCUT2D eigenvalue weighted by Crippen LogP contribution is -2.34. The Kier molecular flexibility index (Phi) is 5.11. The second-order valence-corrected chi connectivity index (χ2v) is 4.51. The quantitative estimate of drug-likeness (QED) is 0.781. The zero-order valence-electron chi connectivity index (χ0n) is 12.5. The van der Waals surface area contributed by atoms with Crippen molar-refractivity contribution in [3.8, 4) is 12.1 Å². The number of hydrogen-bond acceptors (Lipinski definition) is 6. The van der Waals surface area contributed by atoms with Gasteiger partial charge in [-0.15, -0.1) is 0 Å². The van der Waals surface area contributed by atoms with Gasteiger partial charge >= 0.3 is 0 Å². The molecule has 2 rings (SSSR count). The molecule has 2 aliphatic heterocycles. The van der Waals surface area contributed by atoms with E-state index in [0.29, 0.717) is 30.3 Å². The van der Waals surface area contributed by atoms with Crippen LogP contribution in [0.5, 0.6) is 0 Å². The summed E-state index contributed by atoms with van der Waals surface area (Å²) in [5.74, 6) is 0.305. The summed E-state index contributed by atoms with van der Waals surface area (Å²) in [4.78, 5) is 8.71. The number of fused-ring (bicyclic) bond motifs is 1. The summed E-state index contributed by atoms with van der Waals surface area (Å²) in [5, 5.41) is 18.7. The number of allylic oxidation sites excluding steroid dienone is 2. The van der Waals surface area contributed by atoms with Gasteiger partial charge in [0, 0.05) is 6.20 Å². The van der Waals surface area contributed by atoms with E-state index in [1.165, 1.54) is 0 Å². The first-order chi connectivity index (χ1) is 10.7. The summed E-state index contributed by atoms with van der Waals surface area (Å²) in [6, 6.07) is 3.73. The first-order valence-electron chi connectivity index (χ1n) is 7.05. The third kappa shape index (κ3) is 3.07. The molecule has 2 atom stereocenters. The first kappa shape index (κ1) is 15.5. The van der Waals surface area contributed by atoms with Gasteiger partial charge in [-0.3, -0.25) is 0 Å². The van der Waals surface area contributed by atoms with E-state index in [1.807, 2.05) is 13.8 Å². The van der Waals surface area contributed by atoms with Crippen molar-refractivity contribution in [3.63, 3.8) is 0 Å². The van der Waals surface area contributed by atoms with Gasteiger partial charge in [0.1, 0.15) is 17.7 Å². The molecule has 2 unspecified atom stereocenters. The Morgan fingerprint density at radius 2 is 1.95 bits per heavy atom. The zero-order chi connectivity index (χ0) is 15.9. The van der Waals surface area contributed by atoms with Crippen LogP contribution in [-0.4, -0.2) is 31.1 Å². The Balaban J connectivity index is 2.53. The minimum absolute atomic E-state index is 0.257. The van der Waals surface area contributed by atoms with Gasteiger partial charge in [0.25, 0.3) is 0 Å². The molecule has 2 aliphatic rings. The molecule has 22 heavy (non-hydrogen) atoms. The lowest BCUT2D eigenvalue weighted by molar-refractivity contribution is 0.298. The van der Waals surface area contributed by atoms with Crippen LogP contribution in [0.4, 0.5) is 0 Å². The van der Waals surface area contributed by atoms with Crippen molar-refractivity contribution in [2.24, 2.45) is 15.9 Å². The minimum Gasteiger partial charge on any atom is -0.481 e. The summed E-state index contributed by atoms with van der Waals surface area (Å²) in [6.45, 7) is 4.51. The standard InChI is InChI=1S/C16H16N4O2/c1-3-21-15-12(10-18)8-13-14(20-15)11(9-17)6-5-7-19-16(13)22-4-2/h5-8,13-14H,3-4H2,1-2H3/b7-5-,11-6-,19-16?. The fourth-order valence-electron chi connectivity index (χ4n) is 2.26. The molecule has 6 heteroatoms. The van der Waals surface area contributed by atoms with Crippen LogP contribution >= 0.6 is 0 Å². The van der Waals surface area contributed by atoms with Gasteiger partial charge in [-0.2, -0.15) is 10.5 Å². The molecule has 0 radical (unpaired) electrons. The van der Waals surface area contributed by atoms with Gasteiger partial charge in [-0.05, 0) is 32.1 Å². The van der Waals surface area contributed by atoms with E-state index >= 15 is 0 Å². The topological polar surface area (TPSA) is 90.8 Å². The normalized spacial score (nSPS) is 27.1. The van der Waals surface area contributed by atoms with Gasteiger partial charge in [0.05, 0.1) is 30.8 Å². The third-order valence-electron chi connectivity index (χ3n) is 3.16. The van der Waals surface area contributed by atoms with E-state index in [4.69, 9.17) is 9.47 Å². The van der Waals surface area contributed by atoms with Crippen LogP contribution in [0.2, 0.25) is 0 Å². The number of nitriles is 2. The van der Waals surface area contributed by atoms with E-state index in [2.05, 4.69) is 22.1 Å². The molecule has 0 saturated heterocycles. The second kappa shape index (κ2) is 7.24. The largest absolute Gasteiger partial charge is 0.481 e. The van der Waals surface area contributed by atoms with E-state index in [-0.39, 0.29) is 5.90 Å². The maximum atomic E-state index is 9.37. The molecule has 0 aromatic carbocycles. The van der Waals surface area contributed by atoms with E-state index in [0.717, 1.165) is 0 Å². The van der Waals surface area contributed by atoms with Crippen molar-refractivity contribution in [1.82, 2.24) is 0 Å². The molecule has 0 N–H and O–H groups in total. The summed E-state index contributed by atoms with van der Waals surface area (Å²) in [7, 11) is 0. The molecule has 0 saturated carbocycles. The molecule has 6 nitrogen and oxygen atoms in total. The first-order valence-corrected chi connectivity index (χ1v) is 7.05. The van der Waals surface area contributed by atoms with Gasteiger partial charge in [-0.1, -0.05) is 0 Å². The van der Waals surface area contributed by atoms with Crippen LogP contribution in [0.3, 0.4) is 0 Å². The zero-order valence-corrected chi connectivity index (χ0v) is 12.5. The van der Waals surface area contributed by atoms with Crippen LogP contribution in [0, 0.1) is 28.6 Å². The average molecular weight is 296 g/mol. The van der Waals surface area contributed by atoms with Crippen molar-refractivity contribution < 1.29 is 9.47 Å². The molecule has 2 heterocycles. The smallest absolute Gasteiger partial charge is 0.227 e. The lowest BCUT2D eigenvalue weighted by Gasteiger charge is -2.27. The van der Waals surface area contributed by atoms with Crippen LogP contribution in [0.1, 0.15) is 13.8 Å². The Morgan fingerprint density at radius 3 is 2.59 bits per heavy atom. The van der Waals surface area contributed by atoms with Gasteiger partial charge in [0.15, 0.2) is 5.90 Å². The summed E-state index contributed by atoms with van der Waals surface area (Å²) in [6.07, 6.45) is 6.62. The fraction of sp³-hybridized carbons (Fsp3) is 0.375. The Morgan fingerprint density at radius 1 is 1.18 bits per heavy atom. The molecule has 0 aliphatic carbocycles. The average Bonchev–Trinajstić information content (AvgIpc) is 2.52. The highest BCUT2D eigenvalue weighted by Crippen LogP contribution is 2.28. The molecule has 0 amide bonds. The highest BCUT2D eigenvalue weighted by atomic mass is 16.5. The van der Waals surface area contributed by atoms with Crippen LogP contribution in [0.15, 0.2) is 45.6 Å². The minimum atomic E-state index is -0.501. The molecular formula is C16H16N4O2. The van der Waals surface area contributed by atoms with Gasteiger partial charge in [-0.25, -0.2) is 9.98 Å². The van der Waals surface area contributed by atoms with Crippen LogP contribution in [0.25, 0.3) is 0 Å². The third-order valence-corrected chi connectivity index (χ3v) is 3.16.